The van der Waals surface area contributed by atoms with E-state index in [0.29, 0.717) is 45.9 Å². The summed E-state index contributed by atoms with van der Waals surface area (Å²) in [4.78, 5) is 57.0. The summed E-state index contributed by atoms with van der Waals surface area (Å²) in [6.45, 7) is 8.79. The third-order valence-electron chi connectivity index (χ3n) is 10.2. The van der Waals surface area contributed by atoms with Crippen molar-refractivity contribution >= 4 is 66.8 Å². The number of fused-ring (bicyclic) bond motifs is 2. The molecular formula is C43H41NO7. The second kappa shape index (κ2) is 13.7. The van der Waals surface area contributed by atoms with E-state index in [-0.39, 0.29) is 37.3 Å². The molecule has 0 radical (unpaired) electrons. The molecule has 0 unspecified atom stereocenters. The molecule has 0 fully saturated rings. The van der Waals surface area contributed by atoms with Crippen LogP contribution in [0.5, 0.6) is 5.75 Å². The number of rotatable bonds is 12. The number of carbonyl (C=O) groups is 4. The van der Waals surface area contributed by atoms with E-state index in [2.05, 4.69) is 0 Å². The quantitative estimate of drug-likeness (QED) is 0.0451. The van der Waals surface area contributed by atoms with Crippen LogP contribution in [0.25, 0.3) is 43.1 Å². The zero-order chi connectivity index (χ0) is 36.0. The van der Waals surface area contributed by atoms with E-state index in [0.717, 1.165) is 74.7 Å². The van der Waals surface area contributed by atoms with Gasteiger partial charge in [0.25, 0.3) is 11.8 Å². The summed E-state index contributed by atoms with van der Waals surface area (Å²) in [5.41, 5.74) is 4.20. The lowest BCUT2D eigenvalue weighted by molar-refractivity contribution is 0.0500. The molecule has 0 bridgehead atoms. The van der Waals surface area contributed by atoms with Crippen LogP contribution < -0.4 is 0 Å². The highest BCUT2D eigenvalue weighted by Gasteiger charge is 2.35. The number of carbonyl (C=O) groups excluding carboxylic acids is 4. The molecule has 0 atom stereocenters. The Morgan fingerprint density at radius 2 is 1.27 bits per heavy atom. The predicted molar refractivity (Wildman–Crippen MR) is 199 cm³/mol. The van der Waals surface area contributed by atoms with Gasteiger partial charge in [0.05, 0.1) is 24.3 Å². The summed E-state index contributed by atoms with van der Waals surface area (Å²) < 4.78 is 11.5. The normalized spacial score (nSPS) is 12.9. The predicted octanol–water partition coefficient (Wildman–Crippen LogP) is 9.07. The van der Waals surface area contributed by atoms with Gasteiger partial charge in [-0.15, -0.1) is 0 Å². The maximum atomic E-state index is 14.1. The van der Waals surface area contributed by atoms with Crippen molar-refractivity contribution in [2.75, 3.05) is 19.8 Å². The van der Waals surface area contributed by atoms with Gasteiger partial charge in [-0.1, -0.05) is 57.9 Å². The standard InChI is InChI=1S/C43H41NO7/c1-5-8-20-50-42(48)31-17-15-28-34-24(4)22-32-36-30(40(46)44(41(32)47)19-18-25-10-12-27(45)13-11-25)16-14-29(38(34)36)35-26(7-3)23-33(37(31)39(28)35)43(49)51-21-9-6-2/h10-17,22-23,45H,5-9,18-21H2,1-4H3. The van der Waals surface area contributed by atoms with Gasteiger partial charge in [0.2, 0.25) is 0 Å². The lowest BCUT2D eigenvalue weighted by atomic mass is 9.80. The molecule has 51 heavy (non-hydrogen) atoms. The van der Waals surface area contributed by atoms with E-state index in [1.165, 1.54) is 4.90 Å². The fourth-order valence-electron chi connectivity index (χ4n) is 7.61. The number of aryl methyl sites for hydroxylation is 2. The molecule has 7 rings (SSSR count). The zero-order valence-electron chi connectivity index (χ0n) is 29.5. The number of esters is 2. The minimum atomic E-state index is -0.496. The highest BCUT2D eigenvalue weighted by molar-refractivity contribution is 6.40. The summed E-state index contributed by atoms with van der Waals surface area (Å²) in [5.74, 6) is -1.53. The van der Waals surface area contributed by atoms with E-state index in [4.69, 9.17) is 9.47 Å². The van der Waals surface area contributed by atoms with Crippen molar-refractivity contribution in [1.82, 2.24) is 4.90 Å². The molecule has 8 heteroatoms. The van der Waals surface area contributed by atoms with Crippen LogP contribution >= 0.6 is 0 Å². The van der Waals surface area contributed by atoms with Crippen LogP contribution in [0.1, 0.15) is 105 Å². The van der Waals surface area contributed by atoms with Crippen LogP contribution in [-0.2, 0) is 22.3 Å². The smallest absolute Gasteiger partial charge is 0.338 e. The molecule has 0 saturated carbocycles. The van der Waals surface area contributed by atoms with E-state index in [1.807, 2.05) is 52.0 Å². The van der Waals surface area contributed by atoms with Crippen molar-refractivity contribution in [1.29, 1.82) is 0 Å². The van der Waals surface area contributed by atoms with Crippen molar-refractivity contribution in [2.45, 2.75) is 66.2 Å². The maximum absolute atomic E-state index is 14.1. The first-order valence-corrected chi connectivity index (χ1v) is 17.9. The van der Waals surface area contributed by atoms with Gasteiger partial charge in [-0.05, 0) is 118 Å². The van der Waals surface area contributed by atoms with Gasteiger partial charge in [-0.3, -0.25) is 14.5 Å². The monoisotopic (exact) mass is 683 g/mol. The molecule has 1 N–H and O–H groups in total. The Kier molecular flexibility index (Phi) is 9.10. The molecule has 1 heterocycles. The summed E-state index contributed by atoms with van der Waals surface area (Å²) >= 11 is 0. The van der Waals surface area contributed by atoms with Gasteiger partial charge in [-0.25, -0.2) is 9.59 Å². The second-order valence-corrected chi connectivity index (χ2v) is 13.4. The number of nitrogens with zero attached hydrogens (tertiary/aromatic N) is 1. The number of hydrogen-bond donors (Lipinski definition) is 1. The number of benzene rings is 6. The Bertz CT molecular complexity index is 2370. The molecule has 6 aromatic carbocycles. The van der Waals surface area contributed by atoms with Gasteiger partial charge < -0.3 is 14.6 Å². The fourth-order valence-corrected chi connectivity index (χ4v) is 7.61. The molecule has 1 aliphatic rings. The fraction of sp³-hybridized carbons (Fsp3) is 0.302. The molecule has 0 spiro atoms. The number of unbranched alkanes of at least 4 members (excludes halogenated alkanes) is 2. The van der Waals surface area contributed by atoms with Gasteiger partial charge in [0, 0.05) is 28.4 Å². The van der Waals surface area contributed by atoms with Crippen LogP contribution in [0.15, 0.2) is 60.7 Å². The van der Waals surface area contributed by atoms with Crippen LogP contribution in [-0.4, -0.2) is 53.5 Å². The average Bonchev–Trinajstić information content (AvgIpc) is 3.13. The first-order valence-electron chi connectivity index (χ1n) is 17.9. The van der Waals surface area contributed by atoms with Gasteiger partial charge >= 0.3 is 11.9 Å². The molecular weight excluding hydrogens is 642 g/mol. The molecule has 8 nitrogen and oxygen atoms in total. The molecule has 6 aromatic rings. The summed E-state index contributed by atoms with van der Waals surface area (Å²) in [6, 6.07) is 17.8. The minimum Gasteiger partial charge on any atom is -0.508 e. The molecule has 0 aromatic heterocycles. The zero-order valence-corrected chi connectivity index (χ0v) is 29.5. The van der Waals surface area contributed by atoms with E-state index in [9.17, 15) is 24.3 Å². The number of phenolic OH excluding ortho intramolecular Hbond substituents is 1. The molecule has 1 aliphatic heterocycles. The number of phenols is 1. The van der Waals surface area contributed by atoms with Gasteiger partial charge in [0.1, 0.15) is 5.75 Å². The number of ether oxygens (including phenoxy) is 2. The second-order valence-electron chi connectivity index (χ2n) is 13.4. The lowest BCUT2D eigenvalue weighted by Crippen LogP contribution is -2.41. The van der Waals surface area contributed by atoms with Crippen LogP contribution in [0.4, 0.5) is 0 Å². The minimum absolute atomic E-state index is 0.155. The molecule has 260 valence electrons. The van der Waals surface area contributed by atoms with Crippen molar-refractivity contribution in [3.63, 3.8) is 0 Å². The van der Waals surface area contributed by atoms with E-state index >= 15 is 0 Å². The Labute approximate surface area is 296 Å². The van der Waals surface area contributed by atoms with Crippen LogP contribution in [0.2, 0.25) is 0 Å². The molecule has 2 amide bonds. The first kappa shape index (κ1) is 34.0. The lowest BCUT2D eigenvalue weighted by Gasteiger charge is -2.29. The molecule has 0 saturated heterocycles. The SMILES string of the molecule is CCCCOC(=O)c1ccc2c3c(C)cc4c5c(ccc(c6c(CC)cc(C(=O)OCCCC)c1c26)c53)C(=O)N(CCc1ccc(O)cc1)C4=O. The summed E-state index contributed by atoms with van der Waals surface area (Å²) in [6.07, 6.45) is 4.24. The summed E-state index contributed by atoms with van der Waals surface area (Å²) in [7, 11) is 0. The maximum Gasteiger partial charge on any atom is 0.338 e. The Morgan fingerprint density at radius 3 is 1.94 bits per heavy atom. The molecule has 0 aliphatic carbocycles. The van der Waals surface area contributed by atoms with Crippen molar-refractivity contribution in [3.8, 4) is 5.75 Å². The van der Waals surface area contributed by atoms with Crippen molar-refractivity contribution < 1.29 is 33.8 Å². The van der Waals surface area contributed by atoms with Crippen LogP contribution in [0, 0.1) is 6.92 Å². The Morgan fingerprint density at radius 1 is 0.667 bits per heavy atom. The van der Waals surface area contributed by atoms with E-state index < -0.39 is 11.9 Å². The summed E-state index contributed by atoms with van der Waals surface area (Å²) in [5, 5.41) is 15.8. The number of hydrogen-bond acceptors (Lipinski definition) is 7. The topological polar surface area (TPSA) is 110 Å². The van der Waals surface area contributed by atoms with Gasteiger partial charge in [0.15, 0.2) is 0 Å². The van der Waals surface area contributed by atoms with Crippen molar-refractivity contribution in [3.05, 3.63) is 99.6 Å². The first-order chi connectivity index (χ1) is 24.7. The van der Waals surface area contributed by atoms with Crippen LogP contribution in [0.3, 0.4) is 0 Å². The third-order valence-corrected chi connectivity index (χ3v) is 10.2. The third kappa shape index (κ3) is 5.63. The Balaban J connectivity index is 1.48. The van der Waals surface area contributed by atoms with Gasteiger partial charge in [-0.2, -0.15) is 0 Å². The Hall–Kier alpha value is -5.50. The van der Waals surface area contributed by atoms with Crippen molar-refractivity contribution in [2.24, 2.45) is 0 Å². The number of amides is 2. The number of imide groups is 1. The highest BCUT2D eigenvalue weighted by Crippen LogP contribution is 2.48. The van der Waals surface area contributed by atoms with E-state index in [1.54, 1.807) is 36.4 Å². The average molecular weight is 684 g/mol. The number of aromatic hydroxyl groups is 1. The largest absolute Gasteiger partial charge is 0.508 e. The highest BCUT2D eigenvalue weighted by atomic mass is 16.5.